The van der Waals surface area contributed by atoms with Crippen molar-refractivity contribution in [1.29, 1.82) is 0 Å². The van der Waals surface area contributed by atoms with Gasteiger partial charge in [-0.15, -0.1) is 0 Å². The quantitative estimate of drug-likeness (QED) is 0.758. The van der Waals surface area contributed by atoms with Crippen LogP contribution in [0, 0.1) is 0 Å². The summed E-state index contributed by atoms with van der Waals surface area (Å²) in [4.78, 5) is 12.0. The minimum absolute atomic E-state index is 0.243. The Bertz CT molecular complexity index is 764. The molecular weight excluding hydrogens is 338 g/mol. The zero-order chi connectivity index (χ0) is 20.4. The van der Waals surface area contributed by atoms with E-state index in [4.69, 9.17) is 4.74 Å². The lowest BCUT2D eigenvalue weighted by Crippen LogP contribution is -2.30. The summed E-state index contributed by atoms with van der Waals surface area (Å²) < 4.78 is 4.84. The number of ether oxygens (including phenoxy) is 1. The van der Waals surface area contributed by atoms with Gasteiger partial charge in [0, 0.05) is 0 Å². The molecule has 2 aromatic rings. The van der Waals surface area contributed by atoms with Crippen molar-refractivity contribution in [3.8, 4) is 5.75 Å². The van der Waals surface area contributed by atoms with Gasteiger partial charge in [0.25, 0.3) is 0 Å². The van der Waals surface area contributed by atoms with Gasteiger partial charge >= 0.3 is 6.09 Å². The van der Waals surface area contributed by atoms with Gasteiger partial charge in [-0.25, -0.2) is 4.79 Å². The van der Waals surface area contributed by atoms with Gasteiger partial charge < -0.3 is 15.2 Å². The third kappa shape index (κ3) is 4.82. The molecule has 1 atom stereocenters. The van der Waals surface area contributed by atoms with Gasteiger partial charge in [-0.05, 0) is 45.2 Å². The van der Waals surface area contributed by atoms with Crippen LogP contribution in [0.4, 0.5) is 4.79 Å². The lowest BCUT2D eigenvalue weighted by atomic mass is 9.77. The molecule has 0 saturated carbocycles. The maximum Gasteiger partial charge on any atom is 0.407 e. The molecule has 0 aromatic heterocycles. The summed E-state index contributed by atoms with van der Waals surface area (Å²) in [5.74, 6) is 0.323. The van der Waals surface area contributed by atoms with Gasteiger partial charge in [-0.1, -0.05) is 71.9 Å². The average molecular weight is 370 g/mol. The van der Waals surface area contributed by atoms with E-state index in [1.54, 1.807) is 0 Å². The third-order valence-electron chi connectivity index (χ3n) is 4.66. The minimum atomic E-state index is -0.494. The van der Waals surface area contributed by atoms with Crippen LogP contribution < -0.4 is 5.32 Å². The number of methoxy groups -OCH3 is 1. The number of phenols is 1. The number of phenolic OH excluding ortho intramolecular Hbond substituents is 1. The Morgan fingerprint density at radius 2 is 1.41 bits per heavy atom. The number of carbonyl (C=O) groups is 1. The van der Waals surface area contributed by atoms with E-state index in [2.05, 4.69) is 46.9 Å². The number of amides is 1. The van der Waals surface area contributed by atoms with Crippen LogP contribution in [-0.4, -0.2) is 18.3 Å². The Labute approximate surface area is 162 Å². The van der Waals surface area contributed by atoms with E-state index in [1.807, 2.05) is 42.5 Å². The number of nitrogens with one attached hydrogen (secondary N) is 1. The van der Waals surface area contributed by atoms with Crippen molar-refractivity contribution in [3.05, 3.63) is 64.7 Å². The summed E-state index contributed by atoms with van der Waals surface area (Å²) in [5, 5.41) is 13.9. The standard InChI is InChI=1S/C23H31NO3/c1-22(2,3)17-13-16(14-18(20(17)25)23(4,5)6)19(24-21(26)27-7)15-11-9-8-10-12-15/h8-14,19,25H,1-7H3,(H,24,26). The third-order valence-corrected chi connectivity index (χ3v) is 4.66. The lowest BCUT2D eigenvalue weighted by Gasteiger charge is -2.30. The molecular formula is C23H31NO3. The topological polar surface area (TPSA) is 58.6 Å². The second-order valence-corrected chi connectivity index (χ2v) is 8.94. The summed E-state index contributed by atoms with van der Waals surface area (Å²) in [6.07, 6.45) is -0.494. The molecule has 1 amide bonds. The molecule has 0 heterocycles. The fourth-order valence-corrected chi connectivity index (χ4v) is 3.15. The van der Waals surface area contributed by atoms with Gasteiger partial charge in [0.2, 0.25) is 0 Å². The molecule has 2 aromatic carbocycles. The molecule has 2 rings (SSSR count). The summed E-state index contributed by atoms with van der Waals surface area (Å²) in [6, 6.07) is 13.4. The molecule has 0 aliphatic rings. The fraction of sp³-hybridized carbons (Fsp3) is 0.435. The normalized spacial score (nSPS) is 13.1. The number of benzene rings is 2. The predicted molar refractivity (Wildman–Crippen MR) is 109 cm³/mol. The molecule has 0 spiro atoms. The molecule has 2 N–H and O–H groups in total. The van der Waals surface area contributed by atoms with Crippen molar-refractivity contribution in [1.82, 2.24) is 5.32 Å². The highest BCUT2D eigenvalue weighted by molar-refractivity contribution is 5.69. The van der Waals surface area contributed by atoms with Crippen molar-refractivity contribution in [3.63, 3.8) is 0 Å². The zero-order valence-electron chi connectivity index (χ0n) is 17.4. The number of hydrogen-bond donors (Lipinski definition) is 2. The highest BCUT2D eigenvalue weighted by Gasteiger charge is 2.29. The van der Waals surface area contributed by atoms with Crippen LogP contribution in [0.15, 0.2) is 42.5 Å². The molecule has 0 aliphatic carbocycles. The van der Waals surface area contributed by atoms with Gasteiger partial charge in [0.05, 0.1) is 13.2 Å². The summed E-state index contributed by atoms with van der Waals surface area (Å²) in [6.45, 7) is 12.4. The molecule has 0 saturated heterocycles. The highest BCUT2D eigenvalue weighted by Crippen LogP contribution is 2.41. The van der Waals surface area contributed by atoms with Crippen LogP contribution in [0.2, 0.25) is 0 Å². The average Bonchev–Trinajstić information content (AvgIpc) is 2.58. The van der Waals surface area contributed by atoms with Crippen LogP contribution in [-0.2, 0) is 15.6 Å². The summed E-state index contributed by atoms with van der Waals surface area (Å²) in [5.41, 5.74) is 3.10. The van der Waals surface area contributed by atoms with Crippen molar-refractivity contribution < 1.29 is 14.6 Å². The van der Waals surface area contributed by atoms with Crippen molar-refractivity contribution in [2.24, 2.45) is 0 Å². The monoisotopic (exact) mass is 369 g/mol. The molecule has 4 nitrogen and oxygen atoms in total. The van der Waals surface area contributed by atoms with Crippen molar-refractivity contribution >= 4 is 6.09 Å². The minimum Gasteiger partial charge on any atom is -0.507 e. The lowest BCUT2D eigenvalue weighted by molar-refractivity contribution is 0.168. The van der Waals surface area contributed by atoms with E-state index < -0.39 is 6.09 Å². The molecule has 27 heavy (non-hydrogen) atoms. The van der Waals surface area contributed by atoms with E-state index in [-0.39, 0.29) is 16.9 Å². The molecule has 1 unspecified atom stereocenters. The van der Waals surface area contributed by atoms with Gasteiger partial charge in [-0.2, -0.15) is 0 Å². The molecule has 4 heteroatoms. The molecule has 0 bridgehead atoms. The van der Waals surface area contributed by atoms with Gasteiger partial charge in [0.15, 0.2) is 0 Å². The second-order valence-electron chi connectivity index (χ2n) is 8.94. The molecule has 0 radical (unpaired) electrons. The van der Waals surface area contributed by atoms with E-state index in [0.717, 1.165) is 22.3 Å². The number of carbonyl (C=O) groups excluding carboxylic acids is 1. The maximum absolute atomic E-state index is 12.0. The van der Waals surface area contributed by atoms with Crippen LogP contribution >= 0.6 is 0 Å². The number of rotatable bonds is 3. The SMILES string of the molecule is COC(=O)NC(c1ccccc1)c1cc(C(C)(C)C)c(O)c(C(C)(C)C)c1. The zero-order valence-corrected chi connectivity index (χ0v) is 17.4. The Hall–Kier alpha value is -2.49. The second kappa shape index (κ2) is 7.63. The smallest absolute Gasteiger partial charge is 0.407 e. The van der Waals surface area contributed by atoms with Crippen LogP contribution in [0.5, 0.6) is 5.75 Å². The van der Waals surface area contributed by atoms with Crippen molar-refractivity contribution in [2.45, 2.75) is 58.4 Å². The Morgan fingerprint density at radius 1 is 0.926 bits per heavy atom. The Kier molecular flexibility index (Phi) is 5.88. The Balaban J connectivity index is 2.73. The highest BCUT2D eigenvalue weighted by atomic mass is 16.5. The van der Waals surface area contributed by atoms with E-state index >= 15 is 0 Å². The van der Waals surface area contributed by atoms with E-state index in [1.165, 1.54) is 7.11 Å². The molecule has 0 fully saturated rings. The van der Waals surface area contributed by atoms with Crippen LogP contribution in [0.3, 0.4) is 0 Å². The van der Waals surface area contributed by atoms with Gasteiger partial charge in [-0.3, -0.25) is 0 Å². The molecule has 0 aliphatic heterocycles. The number of hydrogen-bond acceptors (Lipinski definition) is 3. The Morgan fingerprint density at radius 3 is 1.81 bits per heavy atom. The van der Waals surface area contributed by atoms with E-state index in [9.17, 15) is 9.90 Å². The van der Waals surface area contributed by atoms with Crippen molar-refractivity contribution in [2.75, 3.05) is 7.11 Å². The first-order valence-electron chi connectivity index (χ1n) is 9.22. The van der Waals surface area contributed by atoms with Crippen LogP contribution in [0.25, 0.3) is 0 Å². The maximum atomic E-state index is 12.0. The first kappa shape index (κ1) is 20.8. The summed E-state index contributed by atoms with van der Waals surface area (Å²) >= 11 is 0. The van der Waals surface area contributed by atoms with Gasteiger partial charge in [0.1, 0.15) is 5.75 Å². The molecule has 146 valence electrons. The number of aromatic hydroxyl groups is 1. The van der Waals surface area contributed by atoms with Crippen LogP contribution in [0.1, 0.15) is 69.8 Å². The first-order valence-corrected chi connectivity index (χ1v) is 9.22. The first-order chi connectivity index (χ1) is 12.4. The largest absolute Gasteiger partial charge is 0.507 e. The van der Waals surface area contributed by atoms with E-state index in [0.29, 0.717) is 5.75 Å². The number of alkyl carbamates (subject to hydrolysis) is 1. The fourth-order valence-electron chi connectivity index (χ4n) is 3.15. The predicted octanol–water partition coefficient (Wildman–Crippen LogP) is 5.43. The summed E-state index contributed by atoms with van der Waals surface area (Å²) in [7, 11) is 1.36.